The topological polar surface area (TPSA) is 46.6 Å². The molecule has 1 amide bonds. The number of carbonyl (C=O) groups is 2. The average Bonchev–Trinajstić information content (AvgIpc) is 2.85. The monoisotopic (exact) mass is 231 g/mol. The number of benzene rings is 1. The fourth-order valence-electron chi connectivity index (χ4n) is 2.34. The summed E-state index contributed by atoms with van der Waals surface area (Å²) in [7, 11) is 0. The fourth-order valence-corrected chi connectivity index (χ4v) is 2.34. The molecular weight excluding hydrogens is 218 g/mol. The third-order valence-electron chi connectivity index (χ3n) is 3.20. The largest absolute Gasteiger partial charge is 0.493 e. The summed E-state index contributed by atoms with van der Waals surface area (Å²) >= 11 is 0. The minimum absolute atomic E-state index is 0.0134. The Bertz CT molecular complexity index is 495. The molecule has 0 unspecified atom stereocenters. The molecule has 0 radical (unpaired) electrons. The number of carbonyl (C=O) groups excluding carboxylic acids is 2. The Balaban J connectivity index is 1.77. The standard InChI is InChI=1S/C13H13NO3/c15-11-6-13(16)14(8-11)7-9-1-2-12-10(5-9)3-4-17-12/h1-2,5H,3-4,6-8H2. The summed E-state index contributed by atoms with van der Waals surface area (Å²) in [6.45, 7) is 1.52. The highest BCUT2D eigenvalue weighted by molar-refractivity contribution is 6.05. The van der Waals surface area contributed by atoms with Crippen LogP contribution < -0.4 is 4.74 Å². The number of fused-ring (bicyclic) bond motifs is 1. The van der Waals surface area contributed by atoms with E-state index in [0.29, 0.717) is 6.54 Å². The zero-order chi connectivity index (χ0) is 11.8. The molecule has 1 saturated heterocycles. The molecule has 0 saturated carbocycles. The first-order valence-corrected chi connectivity index (χ1v) is 5.76. The van der Waals surface area contributed by atoms with Gasteiger partial charge in [0.1, 0.15) is 5.75 Å². The maximum atomic E-state index is 11.5. The van der Waals surface area contributed by atoms with Gasteiger partial charge in [0.05, 0.1) is 19.6 Å². The lowest BCUT2D eigenvalue weighted by molar-refractivity contribution is -0.128. The summed E-state index contributed by atoms with van der Waals surface area (Å²) in [6.07, 6.45) is 0.990. The highest BCUT2D eigenvalue weighted by atomic mass is 16.5. The number of amides is 1. The van der Waals surface area contributed by atoms with Crippen LogP contribution >= 0.6 is 0 Å². The number of nitrogens with zero attached hydrogens (tertiary/aromatic N) is 1. The van der Waals surface area contributed by atoms with E-state index in [-0.39, 0.29) is 24.7 Å². The second-order valence-electron chi connectivity index (χ2n) is 4.51. The van der Waals surface area contributed by atoms with Crippen molar-refractivity contribution in [1.82, 2.24) is 4.90 Å². The number of rotatable bonds is 2. The van der Waals surface area contributed by atoms with E-state index in [1.807, 2.05) is 12.1 Å². The molecule has 3 rings (SSSR count). The van der Waals surface area contributed by atoms with Gasteiger partial charge in [-0.2, -0.15) is 0 Å². The molecule has 0 N–H and O–H groups in total. The maximum absolute atomic E-state index is 11.5. The highest BCUT2D eigenvalue weighted by Gasteiger charge is 2.27. The lowest BCUT2D eigenvalue weighted by Gasteiger charge is -2.14. The smallest absolute Gasteiger partial charge is 0.230 e. The lowest BCUT2D eigenvalue weighted by Crippen LogP contribution is -2.24. The molecule has 88 valence electrons. The molecule has 0 atom stereocenters. The van der Waals surface area contributed by atoms with Gasteiger partial charge in [0.25, 0.3) is 0 Å². The van der Waals surface area contributed by atoms with Gasteiger partial charge in [-0.15, -0.1) is 0 Å². The van der Waals surface area contributed by atoms with Crippen LogP contribution in [0.25, 0.3) is 0 Å². The quantitative estimate of drug-likeness (QED) is 0.711. The number of Topliss-reactive ketones (excluding diaryl/α,β-unsaturated/α-hetero) is 1. The molecule has 2 heterocycles. The van der Waals surface area contributed by atoms with Crippen molar-refractivity contribution in [3.05, 3.63) is 29.3 Å². The predicted molar refractivity (Wildman–Crippen MR) is 60.7 cm³/mol. The van der Waals surface area contributed by atoms with Crippen molar-refractivity contribution >= 4 is 11.7 Å². The van der Waals surface area contributed by atoms with Crippen LogP contribution in [0.1, 0.15) is 17.5 Å². The molecule has 0 spiro atoms. The Hall–Kier alpha value is -1.84. The van der Waals surface area contributed by atoms with E-state index in [9.17, 15) is 9.59 Å². The van der Waals surface area contributed by atoms with Gasteiger partial charge < -0.3 is 9.64 Å². The molecular formula is C13H13NO3. The predicted octanol–water partition coefficient (Wildman–Crippen LogP) is 0.923. The van der Waals surface area contributed by atoms with Crippen LogP contribution in [0.4, 0.5) is 0 Å². The SMILES string of the molecule is O=C1CC(=O)N(Cc2ccc3c(c2)CCO3)C1. The third kappa shape index (κ3) is 1.90. The van der Waals surface area contributed by atoms with Gasteiger partial charge >= 0.3 is 0 Å². The molecule has 1 aromatic carbocycles. The minimum Gasteiger partial charge on any atom is -0.493 e. The van der Waals surface area contributed by atoms with Crippen LogP contribution in [0, 0.1) is 0 Å². The molecule has 0 bridgehead atoms. The van der Waals surface area contributed by atoms with Crippen molar-refractivity contribution in [2.45, 2.75) is 19.4 Å². The van der Waals surface area contributed by atoms with Gasteiger partial charge in [-0.25, -0.2) is 0 Å². The number of hydrogen-bond donors (Lipinski definition) is 0. The number of likely N-dealkylation sites (tertiary alicyclic amines) is 1. The number of ketones is 1. The van der Waals surface area contributed by atoms with Gasteiger partial charge in [0.2, 0.25) is 5.91 Å². The maximum Gasteiger partial charge on any atom is 0.230 e. The first kappa shape index (κ1) is 10.3. The van der Waals surface area contributed by atoms with Crippen LogP contribution in [-0.2, 0) is 22.6 Å². The van der Waals surface area contributed by atoms with E-state index in [1.54, 1.807) is 4.90 Å². The molecule has 4 heteroatoms. The summed E-state index contributed by atoms with van der Waals surface area (Å²) in [5.74, 6) is 0.892. The molecule has 4 nitrogen and oxygen atoms in total. The molecule has 2 aliphatic heterocycles. The summed E-state index contributed by atoms with van der Waals surface area (Å²) in [6, 6.07) is 5.97. The van der Waals surface area contributed by atoms with E-state index >= 15 is 0 Å². The van der Waals surface area contributed by atoms with Gasteiger partial charge in [-0.05, 0) is 17.2 Å². The van der Waals surface area contributed by atoms with E-state index in [0.717, 1.165) is 24.3 Å². The summed E-state index contributed by atoms with van der Waals surface area (Å²) in [5.41, 5.74) is 2.26. The normalized spacial score (nSPS) is 18.5. The summed E-state index contributed by atoms with van der Waals surface area (Å²) in [4.78, 5) is 24.3. The van der Waals surface area contributed by atoms with Crippen LogP contribution in [0.15, 0.2) is 18.2 Å². The van der Waals surface area contributed by atoms with Crippen LogP contribution in [0.5, 0.6) is 5.75 Å². The van der Waals surface area contributed by atoms with Gasteiger partial charge in [-0.3, -0.25) is 9.59 Å². The lowest BCUT2D eigenvalue weighted by atomic mass is 10.1. The highest BCUT2D eigenvalue weighted by Crippen LogP contribution is 2.26. The van der Waals surface area contributed by atoms with E-state index in [4.69, 9.17) is 4.74 Å². The van der Waals surface area contributed by atoms with E-state index in [1.165, 1.54) is 5.56 Å². The third-order valence-corrected chi connectivity index (χ3v) is 3.20. The fraction of sp³-hybridized carbons (Fsp3) is 0.385. The summed E-state index contributed by atoms with van der Waals surface area (Å²) in [5, 5.41) is 0. The van der Waals surface area contributed by atoms with Crippen molar-refractivity contribution in [3.8, 4) is 5.75 Å². The van der Waals surface area contributed by atoms with Crippen molar-refractivity contribution in [3.63, 3.8) is 0 Å². The minimum atomic E-state index is -0.0632. The van der Waals surface area contributed by atoms with Gasteiger partial charge in [0, 0.05) is 13.0 Å². The Morgan fingerprint density at radius 1 is 1.29 bits per heavy atom. The van der Waals surface area contributed by atoms with Crippen LogP contribution in [0.2, 0.25) is 0 Å². The molecule has 0 aliphatic carbocycles. The first-order chi connectivity index (χ1) is 8.22. The Labute approximate surface area is 99.2 Å². The van der Waals surface area contributed by atoms with Crippen LogP contribution in [-0.4, -0.2) is 29.7 Å². The zero-order valence-electron chi connectivity index (χ0n) is 9.44. The van der Waals surface area contributed by atoms with Crippen molar-refractivity contribution in [1.29, 1.82) is 0 Å². The van der Waals surface area contributed by atoms with Crippen molar-refractivity contribution in [2.75, 3.05) is 13.2 Å². The number of ether oxygens (including phenoxy) is 1. The molecule has 0 aromatic heterocycles. The zero-order valence-corrected chi connectivity index (χ0v) is 9.44. The van der Waals surface area contributed by atoms with Gasteiger partial charge in [0.15, 0.2) is 5.78 Å². The van der Waals surface area contributed by atoms with Crippen LogP contribution in [0.3, 0.4) is 0 Å². The molecule has 1 aromatic rings. The molecule has 17 heavy (non-hydrogen) atoms. The Morgan fingerprint density at radius 2 is 2.18 bits per heavy atom. The molecule has 1 fully saturated rings. The van der Waals surface area contributed by atoms with E-state index in [2.05, 4.69) is 6.07 Å². The Kier molecular flexibility index (Phi) is 2.35. The van der Waals surface area contributed by atoms with E-state index < -0.39 is 0 Å². The average molecular weight is 231 g/mol. The Morgan fingerprint density at radius 3 is 2.94 bits per heavy atom. The second kappa shape index (κ2) is 3.87. The molecule has 2 aliphatic rings. The first-order valence-electron chi connectivity index (χ1n) is 5.76. The van der Waals surface area contributed by atoms with Crippen molar-refractivity contribution in [2.24, 2.45) is 0 Å². The second-order valence-corrected chi connectivity index (χ2v) is 4.51. The number of hydrogen-bond acceptors (Lipinski definition) is 3. The van der Waals surface area contributed by atoms with Crippen molar-refractivity contribution < 1.29 is 14.3 Å². The van der Waals surface area contributed by atoms with Gasteiger partial charge in [-0.1, -0.05) is 12.1 Å². The summed E-state index contributed by atoms with van der Waals surface area (Å²) < 4.78 is 5.43.